The highest BCUT2D eigenvalue weighted by molar-refractivity contribution is 5.91. The van der Waals surface area contributed by atoms with Crippen LogP contribution in [-0.2, 0) is 19.3 Å². The SMILES string of the molecule is CCCCC1CCC(c2ccc(C/C=C\Cc3ccc(C(=O)Oc4ccc(CCC)c(F)c4)cc3)cc2)CC1. The second-order valence-corrected chi connectivity index (χ2v) is 11.1. The number of unbranched alkanes of at least 4 members (excludes halogenated alkanes) is 1. The Labute approximate surface area is 234 Å². The number of carbonyl (C=O) groups excluding carboxylic acids is 1. The highest BCUT2D eigenvalue weighted by Gasteiger charge is 2.21. The zero-order valence-corrected chi connectivity index (χ0v) is 23.6. The molecule has 1 saturated carbocycles. The number of esters is 1. The predicted molar refractivity (Wildman–Crippen MR) is 159 cm³/mol. The summed E-state index contributed by atoms with van der Waals surface area (Å²) in [6.45, 7) is 4.30. The summed E-state index contributed by atoms with van der Waals surface area (Å²) in [6.07, 6.45) is 17.2. The minimum atomic E-state index is -0.479. The van der Waals surface area contributed by atoms with Crippen LogP contribution in [0.1, 0.15) is 104 Å². The maximum absolute atomic E-state index is 14.1. The number of aryl methyl sites for hydroxylation is 1. The molecular weight excluding hydrogens is 483 g/mol. The molecule has 0 radical (unpaired) electrons. The molecule has 0 atom stereocenters. The van der Waals surface area contributed by atoms with Crippen molar-refractivity contribution >= 4 is 5.97 Å². The van der Waals surface area contributed by atoms with Gasteiger partial charge in [-0.15, -0.1) is 0 Å². The van der Waals surface area contributed by atoms with Gasteiger partial charge in [-0.3, -0.25) is 0 Å². The molecule has 0 heterocycles. The molecule has 0 N–H and O–H groups in total. The fraction of sp³-hybridized carbons (Fsp3) is 0.417. The van der Waals surface area contributed by atoms with Gasteiger partial charge >= 0.3 is 5.97 Å². The zero-order chi connectivity index (χ0) is 27.5. The van der Waals surface area contributed by atoms with E-state index >= 15 is 0 Å². The first-order valence-corrected chi connectivity index (χ1v) is 14.9. The van der Waals surface area contributed by atoms with E-state index in [1.54, 1.807) is 24.3 Å². The van der Waals surface area contributed by atoms with Gasteiger partial charge in [-0.05, 0) is 97.2 Å². The highest BCUT2D eigenvalue weighted by Crippen LogP contribution is 2.37. The van der Waals surface area contributed by atoms with Crippen molar-refractivity contribution in [2.24, 2.45) is 5.92 Å². The van der Waals surface area contributed by atoms with E-state index in [0.717, 1.165) is 36.7 Å². The molecule has 1 aliphatic carbocycles. The Hall–Kier alpha value is -3.20. The van der Waals surface area contributed by atoms with Crippen LogP contribution in [0.15, 0.2) is 78.9 Å². The number of rotatable bonds is 12. The number of carbonyl (C=O) groups is 1. The summed E-state index contributed by atoms with van der Waals surface area (Å²) in [5, 5.41) is 0. The average molecular weight is 527 g/mol. The maximum atomic E-state index is 14.1. The smallest absolute Gasteiger partial charge is 0.343 e. The quantitative estimate of drug-likeness (QED) is 0.133. The molecule has 3 heteroatoms. The van der Waals surface area contributed by atoms with Crippen molar-refractivity contribution in [1.82, 2.24) is 0 Å². The average Bonchev–Trinajstić information content (AvgIpc) is 2.96. The topological polar surface area (TPSA) is 26.3 Å². The number of hydrogen-bond acceptors (Lipinski definition) is 2. The van der Waals surface area contributed by atoms with Gasteiger partial charge in [0.25, 0.3) is 0 Å². The third-order valence-electron chi connectivity index (χ3n) is 8.08. The zero-order valence-electron chi connectivity index (χ0n) is 23.6. The molecule has 0 unspecified atom stereocenters. The normalized spacial score (nSPS) is 17.4. The molecular formula is C36H43FO2. The fourth-order valence-corrected chi connectivity index (χ4v) is 5.65. The standard InChI is InChI=1S/C36H43FO2/c1-3-5-9-27-12-18-30(19-13-27)31-20-14-28(15-21-31)10-6-7-11-29-16-22-33(23-17-29)36(38)39-34-25-24-32(8-4-2)35(37)26-34/h6-7,14-17,20-27,30H,3-5,8-13,18-19H2,1-2H3/b7-6-. The Balaban J connectivity index is 1.21. The summed E-state index contributed by atoms with van der Waals surface area (Å²) in [6, 6.07) is 21.3. The first-order chi connectivity index (χ1) is 19.1. The van der Waals surface area contributed by atoms with Crippen LogP contribution in [0.25, 0.3) is 0 Å². The first kappa shape index (κ1) is 28.8. The van der Waals surface area contributed by atoms with Crippen LogP contribution in [0.2, 0.25) is 0 Å². The Kier molecular flexibility index (Phi) is 10.9. The van der Waals surface area contributed by atoms with Crippen molar-refractivity contribution in [1.29, 1.82) is 0 Å². The lowest BCUT2D eigenvalue weighted by Crippen LogP contribution is -2.13. The summed E-state index contributed by atoms with van der Waals surface area (Å²) in [4.78, 5) is 12.5. The van der Waals surface area contributed by atoms with Gasteiger partial charge in [0.2, 0.25) is 0 Å². The van der Waals surface area contributed by atoms with Gasteiger partial charge in [0, 0.05) is 6.07 Å². The second-order valence-electron chi connectivity index (χ2n) is 11.1. The molecule has 0 amide bonds. The van der Waals surface area contributed by atoms with Gasteiger partial charge in [-0.1, -0.05) is 94.1 Å². The van der Waals surface area contributed by atoms with Gasteiger partial charge in [0.05, 0.1) is 5.56 Å². The van der Waals surface area contributed by atoms with Crippen molar-refractivity contribution in [3.05, 3.63) is 113 Å². The number of allylic oxidation sites excluding steroid dienone is 2. The number of hydrogen-bond donors (Lipinski definition) is 0. The molecule has 39 heavy (non-hydrogen) atoms. The van der Waals surface area contributed by atoms with Crippen LogP contribution in [0.4, 0.5) is 4.39 Å². The fourth-order valence-electron chi connectivity index (χ4n) is 5.65. The first-order valence-electron chi connectivity index (χ1n) is 14.9. The lowest BCUT2D eigenvalue weighted by molar-refractivity contribution is 0.0734. The lowest BCUT2D eigenvalue weighted by Gasteiger charge is -2.29. The summed E-state index contributed by atoms with van der Waals surface area (Å²) in [5.41, 5.74) is 5.07. The van der Waals surface area contributed by atoms with Crippen molar-refractivity contribution in [3.8, 4) is 5.75 Å². The molecule has 2 nitrogen and oxygen atoms in total. The molecule has 3 aromatic carbocycles. The van der Waals surface area contributed by atoms with Gasteiger partial charge in [-0.25, -0.2) is 9.18 Å². The van der Waals surface area contributed by atoms with E-state index in [0.29, 0.717) is 17.5 Å². The summed E-state index contributed by atoms with van der Waals surface area (Å²) in [7, 11) is 0. The lowest BCUT2D eigenvalue weighted by atomic mass is 9.77. The number of benzene rings is 3. The molecule has 0 aliphatic heterocycles. The third kappa shape index (κ3) is 8.65. The highest BCUT2D eigenvalue weighted by atomic mass is 19.1. The van der Waals surface area contributed by atoms with E-state index in [4.69, 9.17) is 4.74 Å². The van der Waals surface area contributed by atoms with Crippen LogP contribution in [0.5, 0.6) is 5.75 Å². The molecule has 0 aromatic heterocycles. The van der Waals surface area contributed by atoms with Crippen LogP contribution in [0, 0.1) is 11.7 Å². The minimum absolute atomic E-state index is 0.229. The molecule has 1 fully saturated rings. The van der Waals surface area contributed by atoms with Crippen molar-refractivity contribution in [2.45, 2.75) is 90.4 Å². The van der Waals surface area contributed by atoms with E-state index in [-0.39, 0.29) is 11.6 Å². The van der Waals surface area contributed by atoms with Crippen LogP contribution < -0.4 is 4.74 Å². The van der Waals surface area contributed by atoms with Gasteiger partial charge in [0.15, 0.2) is 0 Å². The summed E-state index contributed by atoms with van der Waals surface area (Å²) in [5.74, 6) is 1.11. The molecule has 1 aliphatic rings. The Morgan fingerprint density at radius 1 is 0.846 bits per heavy atom. The van der Waals surface area contributed by atoms with Crippen molar-refractivity contribution < 1.29 is 13.9 Å². The number of halogens is 1. The summed E-state index contributed by atoms with van der Waals surface area (Å²) < 4.78 is 19.5. The molecule has 206 valence electrons. The van der Waals surface area contributed by atoms with Gasteiger partial charge in [-0.2, -0.15) is 0 Å². The van der Waals surface area contributed by atoms with Crippen LogP contribution in [-0.4, -0.2) is 5.97 Å². The molecule has 0 saturated heterocycles. The molecule has 3 aromatic rings. The maximum Gasteiger partial charge on any atom is 0.343 e. The minimum Gasteiger partial charge on any atom is -0.423 e. The molecule has 0 spiro atoms. The predicted octanol–water partition coefficient (Wildman–Crippen LogP) is 9.80. The molecule has 4 rings (SSSR count). The van der Waals surface area contributed by atoms with Crippen molar-refractivity contribution in [2.75, 3.05) is 0 Å². The van der Waals surface area contributed by atoms with Crippen LogP contribution in [0.3, 0.4) is 0 Å². The van der Waals surface area contributed by atoms with Gasteiger partial charge in [0.1, 0.15) is 11.6 Å². The Morgan fingerprint density at radius 3 is 2.08 bits per heavy atom. The number of ether oxygens (including phenoxy) is 1. The van der Waals surface area contributed by atoms with E-state index in [1.807, 2.05) is 19.1 Å². The Morgan fingerprint density at radius 2 is 1.49 bits per heavy atom. The largest absolute Gasteiger partial charge is 0.423 e. The van der Waals surface area contributed by atoms with E-state index < -0.39 is 5.97 Å². The van der Waals surface area contributed by atoms with Crippen LogP contribution >= 0.6 is 0 Å². The second kappa shape index (κ2) is 14.8. The summed E-state index contributed by atoms with van der Waals surface area (Å²) >= 11 is 0. The third-order valence-corrected chi connectivity index (χ3v) is 8.08. The molecule has 0 bridgehead atoms. The van der Waals surface area contributed by atoms with E-state index in [1.165, 1.54) is 62.1 Å². The Bertz CT molecular complexity index is 1200. The van der Waals surface area contributed by atoms with Gasteiger partial charge < -0.3 is 4.74 Å². The van der Waals surface area contributed by atoms with E-state index in [9.17, 15) is 9.18 Å². The van der Waals surface area contributed by atoms with E-state index in [2.05, 4.69) is 43.3 Å². The monoisotopic (exact) mass is 526 g/mol. The van der Waals surface area contributed by atoms with Crippen molar-refractivity contribution in [3.63, 3.8) is 0 Å².